The van der Waals surface area contributed by atoms with Gasteiger partial charge in [0.05, 0.1) is 13.7 Å². The van der Waals surface area contributed by atoms with Crippen LogP contribution in [0.15, 0.2) is 23.3 Å². The van der Waals surface area contributed by atoms with E-state index < -0.39 is 5.97 Å². The van der Waals surface area contributed by atoms with Gasteiger partial charge in [-0.05, 0) is 20.3 Å². The van der Waals surface area contributed by atoms with Gasteiger partial charge in [0, 0.05) is 11.1 Å². The van der Waals surface area contributed by atoms with Crippen LogP contribution in [0.25, 0.3) is 0 Å². The molecule has 0 rings (SSSR count). The van der Waals surface area contributed by atoms with Crippen molar-refractivity contribution in [1.82, 2.24) is 0 Å². The quantitative estimate of drug-likeness (QED) is 0.309. The van der Waals surface area contributed by atoms with E-state index in [1.54, 1.807) is 26.0 Å². The van der Waals surface area contributed by atoms with Crippen LogP contribution in [-0.4, -0.2) is 25.7 Å². The molecular weight excluding hydrogens is 220 g/mol. The third-order valence-electron chi connectivity index (χ3n) is 2.14. The molecule has 0 unspecified atom stereocenters. The van der Waals surface area contributed by atoms with Crippen LogP contribution in [0.3, 0.4) is 0 Å². The molecular formula is C13H20O4. The molecule has 0 aromatic carbocycles. The van der Waals surface area contributed by atoms with Crippen molar-refractivity contribution in [2.75, 3.05) is 13.7 Å². The van der Waals surface area contributed by atoms with E-state index in [1.165, 1.54) is 7.11 Å². The highest BCUT2D eigenvalue weighted by Gasteiger charge is 2.05. The lowest BCUT2D eigenvalue weighted by atomic mass is 10.2. The van der Waals surface area contributed by atoms with Crippen molar-refractivity contribution in [3.8, 4) is 0 Å². The molecule has 0 saturated carbocycles. The maximum atomic E-state index is 11.4. The van der Waals surface area contributed by atoms with Crippen molar-refractivity contribution in [1.29, 1.82) is 0 Å². The van der Waals surface area contributed by atoms with Crippen molar-refractivity contribution in [2.24, 2.45) is 0 Å². The molecule has 0 fully saturated rings. The van der Waals surface area contributed by atoms with E-state index in [0.717, 1.165) is 12.8 Å². The van der Waals surface area contributed by atoms with Crippen LogP contribution >= 0.6 is 0 Å². The minimum atomic E-state index is -0.409. The largest absolute Gasteiger partial charge is 0.466 e. The summed E-state index contributed by atoms with van der Waals surface area (Å²) < 4.78 is 9.54. The number of rotatable bonds is 6. The average Bonchev–Trinajstić information content (AvgIpc) is 2.34. The van der Waals surface area contributed by atoms with E-state index in [1.807, 2.05) is 6.92 Å². The van der Waals surface area contributed by atoms with E-state index >= 15 is 0 Å². The van der Waals surface area contributed by atoms with Gasteiger partial charge >= 0.3 is 11.9 Å². The van der Waals surface area contributed by atoms with Crippen molar-refractivity contribution < 1.29 is 19.1 Å². The first-order valence-electron chi connectivity index (χ1n) is 5.63. The smallest absolute Gasteiger partial charge is 0.333 e. The van der Waals surface area contributed by atoms with Crippen LogP contribution in [0.5, 0.6) is 0 Å². The SMILES string of the molecule is CCCCOC(=O)/C(C)=C/C=C(\C)C(=O)OC. The first-order chi connectivity index (χ1) is 8.02. The summed E-state index contributed by atoms with van der Waals surface area (Å²) in [7, 11) is 1.31. The minimum Gasteiger partial charge on any atom is -0.466 e. The molecule has 0 amide bonds. The molecule has 4 nitrogen and oxygen atoms in total. The Labute approximate surface area is 102 Å². The number of methoxy groups -OCH3 is 1. The van der Waals surface area contributed by atoms with Gasteiger partial charge in [0.2, 0.25) is 0 Å². The molecule has 0 heterocycles. The Balaban J connectivity index is 4.34. The molecule has 0 radical (unpaired) electrons. The third kappa shape index (κ3) is 6.56. The zero-order chi connectivity index (χ0) is 13.3. The fourth-order valence-corrected chi connectivity index (χ4v) is 0.970. The second kappa shape index (κ2) is 8.56. The third-order valence-corrected chi connectivity index (χ3v) is 2.14. The van der Waals surface area contributed by atoms with Crippen LogP contribution < -0.4 is 0 Å². The van der Waals surface area contributed by atoms with E-state index in [0.29, 0.717) is 17.8 Å². The van der Waals surface area contributed by atoms with Gasteiger partial charge in [-0.3, -0.25) is 0 Å². The monoisotopic (exact) mass is 240 g/mol. The van der Waals surface area contributed by atoms with Gasteiger partial charge in [0.15, 0.2) is 0 Å². The number of hydrogen-bond acceptors (Lipinski definition) is 4. The maximum absolute atomic E-state index is 11.4. The van der Waals surface area contributed by atoms with E-state index in [4.69, 9.17) is 4.74 Å². The van der Waals surface area contributed by atoms with Gasteiger partial charge < -0.3 is 9.47 Å². The highest BCUT2D eigenvalue weighted by molar-refractivity contribution is 5.90. The highest BCUT2D eigenvalue weighted by Crippen LogP contribution is 2.02. The van der Waals surface area contributed by atoms with Crippen molar-refractivity contribution in [3.05, 3.63) is 23.3 Å². The lowest BCUT2D eigenvalue weighted by Gasteiger charge is -2.03. The summed E-state index contributed by atoms with van der Waals surface area (Å²) in [6.45, 7) is 5.73. The second-order valence-electron chi connectivity index (χ2n) is 3.68. The van der Waals surface area contributed by atoms with Crippen LogP contribution in [0.1, 0.15) is 33.6 Å². The Morgan fingerprint density at radius 3 is 2.06 bits per heavy atom. The summed E-state index contributed by atoms with van der Waals surface area (Å²) in [5.74, 6) is -0.763. The molecule has 0 bridgehead atoms. The van der Waals surface area contributed by atoms with Gasteiger partial charge in [-0.2, -0.15) is 0 Å². The first-order valence-corrected chi connectivity index (χ1v) is 5.63. The molecule has 0 atom stereocenters. The summed E-state index contributed by atoms with van der Waals surface area (Å²) in [5, 5.41) is 0. The summed E-state index contributed by atoms with van der Waals surface area (Å²) in [6, 6.07) is 0. The Hall–Kier alpha value is -1.58. The van der Waals surface area contributed by atoms with Crippen LogP contribution in [0, 0.1) is 0 Å². The lowest BCUT2D eigenvalue weighted by molar-refractivity contribution is -0.139. The first kappa shape index (κ1) is 15.4. The lowest BCUT2D eigenvalue weighted by Crippen LogP contribution is -2.07. The van der Waals surface area contributed by atoms with E-state index in [9.17, 15) is 9.59 Å². The van der Waals surface area contributed by atoms with E-state index in [-0.39, 0.29) is 5.97 Å². The van der Waals surface area contributed by atoms with Crippen molar-refractivity contribution in [3.63, 3.8) is 0 Å². The van der Waals surface area contributed by atoms with Gasteiger partial charge in [0.25, 0.3) is 0 Å². The van der Waals surface area contributed by atoms with Crippen LogP contribution in [0.2, 0.25) is 0 Å². The number of esters is 2. The van der Waals surface area contributed by atoms with Crippen LogP contribution in [0.4, 0.5) is 0 Å². The molecule has 0 aromatic heterocycles. The molecule has 0 aliphatic carbocycles. The standard InChI is InChI=1S/C13H20O4/c1-5-6-9-17-13(15)11(3)8-7-10(2)12(14)16-4/h7-8H,5-6,9H2,1-4H3/b10-7+,11-8+. The van der Waals surface area contributed by atoms with E-state index in [2.05, 4.69) is 4.74 Å². The van der Waals surface area contributed by atoms with Crippen molar-refractivity contribution >= 4 is 11.9 Å². The van der Waals surface area contributed by atoms with Crippen molar-refractivity contribution in [2.45, 2.75) is 33.6 Å². The van der Waals surface area contributed by atoms with Gasteiger partial charge in [0.1, 0.15) is 0 Å². The maximum Gasteiger partial charge on any atom is 0.333 e. The average molecular weight is 240 g/mol. The number of ether oxygens (including phenoxy) is 2. The molecule has 17 heavy (non-hydrogen) atoms. The summed E-state index contributed by atoms with van der Waals surface area (Å²) in [6.07, 6.45) is 4.94. The molecule has 0 N–H and O–H groups in total. The number of carbonyl (C=O) groups excluding carboxylic acids is 2. The Morgan fingerprint density at radius 1 is 1.06 bits per heavy atom. The molecule has 0 aliphatic heterocycles. The Kier molecular flexibility index (Phi) is 7.76. The molecule has 4 heteroatoms. The minimum absolute atomic E-state index is 0.354. The molecule has 0 aliphatic rings. The highest BCUT2D eigenvalue weighted by atomic mass is 16.5. The fourth-order valence-electron chi connectivity index (χ4n) is 0.970. The number of carbonyl (C=O) groups is 2. The molecule has 0 spiro atoms. The van der Waals surface area contributed by atoms with Crippen LogP contribution in [-0.2, 0) is 19.1 Å². The number of allylic oxidation sites excluding steroid dienone is 2. The zero-order valence-corrected chi connectivity index (χ0v) is 10.9. The normalized spacial score (nSPS) is 12.2. The fraction of sp³-hybridized carbons (Fsp3) is 0.538. The van der Waals surface area contributed by atoms with Gasteiger partial charge in [-0.1, -0.05) is 25.5 Å². The second-order valence-corrected chi connectivity index (χ2v) is 3.68. The molecule has 0 aromatic rings. The van der Waals surface area contributed by atoms with Gasteiger partial charge in [-0.15, -0.1) is 0 Å². The number of unbranched alkanes of at least 4 members (excludes halogenated alkanes) is 1. The zero-order valence-electron chi connectivity index (χ0n) is 10.9. The summed E-state index contributed by atoms with van der Waals surface area (Å²) >= 11 is 0. The van der Waals surface area contributed by atoms with Gasteiger partial charge in [-0.25, -0.2) is 9.59 Å². The topological polar surface area (TPSA) is 52.6 Å². The molecule has 0 saturated heterocycles. The molecule has 96 valence electrons. The summed E-state index contributed by atoms with van der Waals surface area (Å²) in [5.41, 5.74) is 0.901. The Bertz CT molecular complexity index is 326. The predicted molar refractivity (Wildman–Crippen MR) is 65.4 cm³/mol. The number of hydrogen-bond donors (Lipinski definition) is 0. The predicted octanol–water partition coefficient (Wildman–Crippen LogP) is 2.40. The Morgan fingerprint density at radius 2 is 1.59 bits per heavy atom. The summed E-state index contributed by atoms with van der Waals surface area (Å²) in [4.78, 5) is 22.5.